The standard InChI is InChI=1S/C11H16N4S/c1-9-4-6-16-10(9)7-12-5-3-11-14-13-8-15(11)2/h4,6,8,12H,3,5,7H2,1-2H3. The number of nitrogens with one attached hydrogen (secondary N) is 1. The second-order valence-corrected chi connectivity index (χ2v) is 4.81. The molecular weight excluding hydrogens is 220 g/mol. The number of aromatic nitrogens is 3. The van der Waals surface area contributed by atoms with Gasteiger partial charge in [0.05, 0.1) is 0 Å². The Morgan fingerprint density at radius 1 is 1.50 bits per heavy atom. The second-order valence-electron chi connectivity index (χ2n) is 3.81. The van der Waals surface area contributed by atoms with Crippen LogP contribution in [0.25, 0.3) is 0 Å². The van der Waals surface area contributed by atoms with Crippen molar-refractivity contribution >= 4 is 11.3 Å². The molecule has 0 aliphatic carbocycles. The van der Waals surface area contributed by atoms with Crippen LogP contribution in [0.1, 0.15) is 16.3 Å². The van der Waals surface area contributed by atoms with E-state index < -0.39 is 0 Å². The zero-order valence-corrected chi connectivity index (χ0v) is 10.4. The lowest BCUT2D eigenvalue weighted by molar-refractivity contribution is 0.657. The van der Waals surface area contributed by atoms with Crippen molar-refractivity contribution in [3.63, 3.8) is 0 Å². The van der Waals surface area contributed by atoms with Crippen molar-refractivity contribution in [1.82, 2.24) is 20.1 Å². The van der Waals surface area contributed by atoms with Crippen molar-refractivity contribution in [1.29, 1.82) is 0 Å². The van der Waals surface area contributed by atoms with Crippen LogP contribution < -0.4 is 5.32 Å². The van der Waals surface area contributed by atoms with Gasteiger partial charge in [0, 0.05) is 31.4 Å². The van der Waals surface area contributed by atoms with Crippen LogP contribution in [0.4, 0.5) is 0 Å². The molecule has 2 rings (SSSR count). The van der Waals surface area contributed by atoms with Gasteiger partial charge in [-0.2, -0.15) is 0 Å². The average molecular weight is 236 g/mol. The van der Waals surface area contributed by atoms with E-state index in [-0.39, 0.29) is 0 Å². The molecule has 0 aliphatic heterocycles. The minimum Gasteiger partial charge on any atom is -0.321 e. The highest BCUT2D eigenvalue weighted by molar-refractivity contribution is 7.10. The maximum atomic E-state index is 4.04. The SMILES string of the molecule is Cc1ccsc1CNCCc1nncn1C. The normalized spacial score (nSPS) is 10.9. The fourth-order valence-corrected chi connectivity index (χ4v) is 2.40. The first-order chi connectivity index (χ1) is 7.77. The molecule has 2 aromatic heterocycles. The largest absolute Gasteiger partial charge is 0.321 e. The molecule has 86 valence electrons. The predicted molar refractivity (Wildman–Crippen MR) is 65.5 cm³/mol. The summed E-state index contributed by atoms with van der Waals surface area (Å²) >= 11 is 1.80. The zero-order chi connectivity index (χ0) is 11.4. The van der Waals surface area contributed by atoms with Gasteiger partial charge in [0.15, 0.2) is 0 Å². The molecule has 2 heterocycles. The highest BCUT2D eigenvalue weighted by Gasteiger charge is 2.01. The molecule has 5 heteroatoms. The third kappa shape index (κ3) is 2.68. The van der Waals surface area contributed by atoms with Crippen molar-refractivity contribution < 1.29 is 0 Å². The van der Waals surface area contributed by atoms with E-state index in [1.54, 1.807) is 17.7 Å². The smallest absolute Gasteiger partial charge is 0.133 e. The number of rotatable bonds is 5. The zero-order valence-electron chi connectivity index (χ0n) is 9.60. The van der Waals surface area contributed by atoms with E-state index in [9.17, 15) is 0 Å². The molecule has 0 bridgehead atoms. The lowest BCUT2D eigenvalue weighted by atomic mass is 10.3. The number of nitrogens with zero attached hydrogens (tertiary/aromatic N) is 3. The van der Waals surface area contributed by atoms with Gasteiger partial charge < -0.3 is 9.88 Å². The summed E-state index contributed by atoms with van der Waals surface area (Å²) < 4.78 is 1.96. The fraction of sp³-hybridized carbons (Fsp3) is 0.455. The first-order valence-corrected chi connectivity index (χ1v) is 6.22. The number of thiophene rings is 1. The van der Waals surface area contributed by atoms with Crippen molar-refractivity contribution in [3.05, 3.63) is 34.0 Å². The quantitative estimate of drug-likeness (QED) is 0.800. The molecule has 1 N–H and O–H groups in total. The van der Waals surface area contributed by atoms with E-state index in [0.717, 1.165) is 25.3 Å². The molecule has 0 atom stereocenters. The van der Waals surface area contributed by atoms with Crippen molar-refractivity contribution in [2.24, 2.45) is 7.05 Å². The monoisotopic (exact) mass is 236 g/mol. The molecule has 0 amide bonds. The minimum absolute atomic E-state index is 0.918. The summed E-state index contributed by atoms with van der Waals surface area (Å²) in [7, 11) is 1.97. The third-order valence-electron chi connectivity index (χ3n) is 2.58. The van der Waals surface area contributed by atoms with Crippen molar-refractivity contribution in [2.75, 3.05) is 6.54 Å². The predicted octanol–water partition coefficient (Wildman–Crippen LogP) is 1.52. The Kier molecular flexibility index (Phi) is 3.69. The van der Waals surface area contributed by atoms with Crippen LogP contribution in [-0.4, -0.2) is 21.3 Å². The Labute approximate surface area is 99.3 Å². The summed E-state index contributed by atoms with van der Waals surface area (Å²) in [5.41, 5.74) is 1.37. The lowest BCUT2D eigenvalue weighted by Crippen LogP contribution is -2.17. The van der Waals surface area contributed by atoms with Crippen LogP contribution in [0.5, 0.6) is 0 Å². The van der Waals surface area contributed by atoms with E-state index in [0.29, 0.717) is 0 Å². The van der Waals surface area contributed by atoms with E-state index in [1.807, 2.05) is 11.6 Å². The Hall–Kier alpha value is -1.20. The van der Waals surface area contributed by atoms with Gasteiger partial charge in [-0.25, -0.2) is 0 Å². The van der Waals surface area contributed by atoms with E-state index >= 15 is 0 Å². The summed E-state index contributed by atoms with van der Waals surface area (Å²) in [6.07, 6.45) is 2.65. The average Bonchev–Trinajstić information content (AvgIpc) is 2.84. The van der Waals surface area contributed by atoms with Crippen LogP contribution in [0.15, 0.2) is 17.8 Å². The van der Waals surface area contributed by atoms with E-state index in [1.165, 1.54) is 10.4 Å². The summed E-state index contributed by atoms with van der Waals surface area (Å²) in [6, 6.07) is 2.16. The Balaban J connectivity index is 1.74. The van der Waals surface area contributed by atoms with Gasteiger partial charge in [-0.05, 0) is 23.9 Å². The molecule has 0 spiro atoms. The number of hydrogen-bond acceptors (Lipinski definition) is 4. The third-order valence-corrected chi connectivity index (χ3v) is 3.61. The Morgan fingerprint density at radius 3 is 3.00 bits per heavy atom. The molecule has 2 aromatic rings. The van der Waals surface area contributed by atoms with E-state index in [4.69, 9.17) is 0 Å². The molecule has 0 unspecified atom stereocenters. The van der Waals surface area contributed by atoms with Crippen LogP contribution in [0.3, 0.4) is 0 Å². The van der Waals surface area contributed by atoms with Gasteiger partial charge in [0.25, 0.3) is 0 Å². The lowest BCUT2D eigenvalue weighted by Gasteiger charge is -2.03. The molecule has 0 radical (unpaired) electrons. The maximum absolute atomic E-state index is 4.04. The molecule has 4 nitrogen and oxygen atoms in total. The van der Waals surface area contributed by atoms with Crippen LogP contribution >= 0.6 is 11.3 Å². The van der Waals surface area contributed by atoms with E-state index in [2.05, 4.69) is 33.9 Å². The van der Waals surface area contributed by atoms with Crippen LogP contribution in [-0.2, 0) is 20.0 Å². The highest BCUT2D eigenvalue weighted by Crippen LogP contribution is 2.14. The number of hydrogen-bond donors (Lipinski definition) is 1. The topological polar surface area (TPSA) is 42.7 Å². The summed E-state index contributed by atoms with van der Waals surface area (Å²) in [6.45, 7) is 4.03. The Bertz CT molecular complexity index is 404. The molecule has 0 saturated carbocycles. The van der Waals surface area contributed by atoms with Gasteiger partial charge >= 0.3 is 0 Å². The second kappa shape index (κ2) is 5.23. The van der Waals surface area contributed by atoms with Gasteiger partial charge in [-0.15, -0.1) is 21.5 Å². The molecule has 0 fully saturated rings. The highest BCUT2D eigenvalue weighted by atomic mass is 32.1. The van der Waals surface area contributed by atoms with Crippen molar-refractivity contribution in [2.45, 2.75) is 19.9 Å². The first-order valence-electron chi connectivity index (χ1n) is 5.34. The maximum Gasteiger partial charge on any atom is 0.133 e. The summed E-state index contributed by atoms with van der Waals surface area (Å²) in [5, 5.41) is 13.5. The van der Waals surface area contributed by atoms with Gasteiger partial charge in [0.2, 0.25) is 0 Å². The first kappa shape index (κ1) is 11.3. The van der Waals surface area contributed by atoms with Crippen LogP contribution in [0, 0.1) is 6.92 Å². The summed E-state index contributed by atoms with van der Waals surface area (Å²) in [5.74, 6) is 1.02. The van der Waals surface area contributed by atoms with Gasteiger partial charge in [-0.1, -0.05) is 0 Å². The number of aryl methyl sites for hydroxylation is 2. The Morgan fingerprint density at radius 2 is 2.38 bits per heavy atom. The molecule has 0 aromatic carbocycles. The molecular formula is C11H16N4S. The molecule has 16 heavy (non-hydrogen) atoms. The van der Waals surface area contributed by atoms with Crippen molar-refractivity contribution in [3.8, 4) is 0 Å². The minimum atomic E-state index is 0.918. The fourth-order valence-electron chi connectivity index (χ4n) is 1.52. The van der Waals surface area contributed by atoms with Gasteiger partial charge in [-0.3, -0.25) is 0 Å². The molecule has 0 aliphatic rings. The molecule has 0 saturated heterocycles. The van der Waals surface area contributed by atoms with Crippen LogP contribution in [0.2, 0.25) is 0 Å². The summed E-state index contributed by atoms with van der Waals surface area (Å²) in [4.78, 5) is 1.41. The van der Waals surface area contributed by atoms with Gasteiger partial charge in [0.1, 0.15) is 12.2 Å².